The van der Waals surface area contributed by atoms with E-state index in [1.807, 2.05) is 52.7 Å². The summed E-state index contributed by atoms with van der Waals surface area (Å²) in [5.74, 6) is 1.80. The monoisotopic (exact) mass is 447 g/mol. The third-order valence-corrected chi connectivity index (χ3v) is 6.60. The largest absolute Gasteiger partial charge is 0.352 e. The molecule has 0 bridgehead atoms. The molecule has 0 radical (unpaired) electrons. The summed E-state index contributed by atoms with van der Waals surface area (Å²) in [6.45, 7) is 4.89. The Morgan fingerprint density at radius 2 is 1.88 bits per heavy atom. The molecule has 4 aromatic rings. The predicted molar refractivity (Wildman–Crippen MR) is 126 cm³/mol. The number of piperazine rings is 1. The predicted octanol–water partition coefficient (Wildman–Crippen LogP) is 4.19. The minimum atomic E-state index is 0.182. The molecule has 4 heterocycles. The summed E-state index contributed by atoms with van der Waals surface area (Å²) in [5, 5.41) is 7.19. The third kappa shape index (κ3) is 4.10. The quantitative estimate of drug-likeness (QED) is 0.441. The first-order chi connectivity index (χ1) is 15.7. The molecule has 0 aliphatic carbocycles. The fourth-order valence-corrected chi connectivity index (χ4v) is 4.77. The molecule has 0 N–H and O–H groups in total. The van der Waals surface area contributed by atoms with E-state index in [0.29, 0.717) is 38.3 Å². The molecule has 32 heavy (non-hydrogen) atoms. The number of hydrogen-bond donors (Lipinski definition) is 0. The number of anilines is 1. The molecular weight excluding hydrogens is 422 g/mol. The Bertz CT molecular complexity index is 1200. The second-order valence-corrected chi connectivity index (χ2v) is 8.95. The Hall–Kier alpha value is -3.26. The van der Waals surface area contributed by atoms with E-state index in [4.69, 9.17) is 9.51 Å². The molecule has 1 aromatic carbocycles. The third-order valence-electron chi connectivity index (χ3n) is 5.72. The van der Waals surface area contributed by atoms with Gasteiger partial charge in [0.05, 0.1) is 6.42 Å². The smallest absolute Gasteiger partial charge is 0.263 e. The van der Waals surface area contributed by atoms with Gasteiger partial charge in [-0.1, -0.05) is 48.5 Å². The number of fused-ring (bicyclic) bond motifs is 1. The number of thiophene rings is 1. The molecule has 0 unspecified atom stereocenters. The molecule has 0 spiro atoms. The van der Waals surface area contributed by atoms with E-state index in [-0.39, 0.29) is 5.91 Å². The van der Waals surface area contributed by atoms with Gasteiger partial charge >= 0.3 is 0 Å². The molecule has 0 atom stereocenters. The van der Waals surface area contributed by atoms with Gasteiger partial charge in [-0.3, -0.25) is 4.79 Å². The van der Waals surface area contributed by atoms with Gasteiger partial charge in [-0.25, -0.2) is 4.98 Å². The van der Waals surface area contributed by atoms with Crippen LogP contribution in [0.1, 0.15) is 24.0 Å². The van der Waals surface area contributed by atoms with E-state index in [0.717, 1.165) is 46.0 Å². The molecule has 164 valence electrons. The Morgan fingerprint density at radius 1 is 1.06 bits per heavy atom. The number of aromatic nitrogens is 3. The molecular formula is C24H25N5O2S. The highest BCUT2D eigenvalue weighted by molar-refractivity contribution is 7.10. The molecule has 1 saturated heterocycles. The SMILES string of the molecule is CCCc1nc(N2CCN(C(=O)Cc3cccs3)CC2)c2c(-c3ccccc3)noc2n1. The van der Waals surface area contributed by atoms with Crippen LogP contribution in [0.4, 0.5) is 5.82 Å². The van der Waals surface area contributed by atoms with Crippen molar-refractivity contribution in [2.75, 3.05) is 31.1 Å². The Balaban J connectivity index is 1.43. The minimum Gasteiger partial charge on any atom is -0.352 e. The summed E-state index contributed by atoms with van der Waals surface area (Å²) in [6.07, 6.45) is 2.21. The maximum absolute atomic E-state index is 12.7. The molecule has 1 fully saturated rings. The fourth-order valence-electron chi connectivity index (χ4n) is 4.08. The number of carbonyl (C=O) groups excluding carboxylic acids is 1. The van der Waals surface area contributed by atoms with Crippen molar-refractivity contribution in [1.82, 2.24) is 20.0 Å². The van der Waals surface area contributed by atoms with Crippen molar-refractivity contribution in [3.8, 4) is 11.3 Å². The lowest BCUT2D eigenvalue weighted by molar-refractivity contribution is -0.130. The van der Waals surface area contributed by atoms with Crippen LogP contribution in [-0.2, 0) is 17.6 Å². The Kier molecular flexibility index (Phi) is 5.85. The summed E-state index contributed by atoms with van der Waals surface area (Å²) >= 11 is 1.63. The lowest BCUT2D eigenvalue weighted by atomic mass is 10.1. The lowest BCUT2D eigenvalue weighted by Crippen LogP contribution is -2.49. The summed E-state index contributed by atoms with van der Waals surface area (Å²) < 4.78 is 5.65. The van der Waals surface area contributed by atoms with Gasteiger partial charge in [-0.2, -0.15) is 4.98 Å². The highest BCUT2D eigenvalue weighted by Crippen LogP contribution is 2.34. The van der Waals surface area contributed by atoms with Gasteiger partial charge in [0.2, 0.25) is 5.91 Å². The van der Waals surface area contributed by atoms with Crippen molar-refractivity contribution >= 4 is 34.2 Å². The van der Waals surface area contributed by atoms with Crippen molar-refractivity contribution in [3.05, 3.63) is 58.5 Å². The van der Waals surface area contributed by atoms with Gasteiger partial charge in [-0.05, 0) is 17.9 Å². The zero-order valence-corrected chi connectivity index (χ0v) is 18.8. The van der Waals surface area contributed by atoms with Crippen LogP contribution in [0.15, 0.2) is 52.4 Å². The molecule has 3 aromatic heterocycles. The van der Waals surface area contributed by atoms with Crippen molar-refractivity contribution in [2.24, 2.45) is 0 Å². The zero-order chi connectivity index (χ0) is 21.9. The molecule has 5 rings (SSSR count). The number of carbonyl (C=O) groups is 1. The molecule has 8 heteroatoms. The molecule has 1 aliphatic rings. The average Bonchev–Trinajstić information content (AvgIpc) is 3.49. The molecule has 0 saturated carbocycles. The molecule has 1 aliphatic heterocycles. The van der Waals surface area contributed by atoms with E-state index in [1.54, 1.807) is 11.3 Å². The van der Waals surface area contributed by atoms with Crippen LogP contribution in [-0.4, -0.2) is 52.1 Å². The average molecular weight is 448 g/mol. The number of nitrogens with zero attached hydrogens (tertiary/aromatic N) is 5. The van der Waals surface area contributed by atoms with Crippen LogP contribution in [0, 0.1) is 0 Å². The van der Waals surface area contributed by atoms with Crippen molar-refractivity contribution in [1.29, 1.82) is 0 Å². The van der Waals surface area contributed by atoms with Crippen molar-refractivity contribution in [2.45, 2.75) is 26.2 Å². The molecule has 1 amide bonds. The molecule has 7 nitrogen and oxygen atoms in total. The first-order valence-electron chi connectivity index (χ1n) is 11.0. The second-order valence-electron chi connectivity index (χ2n) is 7.91. The van der Waals surface area contributed by atoms with Crippen molar-refractivity contribution in [3.63, 3.8) is 0 Å². The highest BCUT2D eigenvalue weighted by Gasteiger charge is 2.27. The van der Waals surface area contributed by atoms with Crippen LogP contribution in [0.3, 0.4) is 0 Å². The standard InChI is InChI=1S/C24H25N5O2S/c1-2-7-19-25-23(21-22(27-31-24(21)26-19)17-8-4-3-5-9-17)29-13-11-28(12-14-29)20(30)16-18-10-6-15-32-18/h3-6,8-10,15H,2,7,11-14,16H2,1H3. The number of aryl methyl sites for hydroxylation is 1. The van der Waals surface area contributed by atoms with Crippen LogP contribution in [0.2, 0.25) is 0 Å². The number of hydrogen-bond acceptors (Lipinski definition) is 7. The first-order valence-corrected chi connectivity index (χ1v) is 11.9. The fraction of sp³-hybridized carbons (Fsp3) is 0.333. The summed E-state index contributed by atoms with van der Waals surface area (Å²) in [7, 11) is 0. The van der Waals surface area contributed by atoms with E-state index in [1.165, 1.54) is 0 Å². The maximum atomic E-state index is 12.7. The topological polar surface area (TPSA) is 75.4 Å². The lowest BCUT2D eigenvalue weighted by Gasteiger charge is -2.35. The van der Waals surface area contributed by atoms with E-state index in [9.17, 15) is 4.79 Å². The maximum Gasteiger partial charge on any atom is 0.263 e. The number of rotatable bonds is 6. The van der Waals surface area contributed by atoms with E-state index < -0.39 is 0 Å². The number of amides is 1. The van der Waals surface area contributed by atoms with Crippen LogP contribution >= 0.6 is 11.3 Å². The summed E-state index contributed by atoms with van der Waals surface area (Å²) in [6, 6.07) is 14.0. The highest BCUT2D eigenvalue weighted by atomic mass is 32.1. The minimum absolute atomic E-state index is 0.182. The van der Waals surface area contributed by atoms with Gasteiger partial charge in [0.25, 0.3) is 5.71 Å². The normalized spacial score (nSPS) is 14.3. The number of benzene rings is 1. The first kappa shape index (κ1) is 20.6. The van der Waals surface area contributed by atoms with Crippen LogP contribution in [0.5, 0.6) is 0 Å². The van der Waals surface area contributed by atoms with Crippen LogP contribution < -0.4 is 4.90 Å². The summed E-state index contributed by atoms with van der Waals surface area (Å²) in [4.78, 5) is 27.6. The van der Waals surface area contributed by atoms with Gasteiger partial charge in [-0.15, -0.1) is 11.3 Å². The van der Waals surface area contributed by atoms with Crippen molar-refractivity contribution < 1.29 is 9.32 Å². The summed E-state index contributed by atoms with van der Waals surface area (Å²) in [5.41, 5.74) is 2.26. The Labute approximate surface area is 190 Å². The van der Waals surface area contributed by atoms with Gasteiger partial charge in [0, 0.05) is 43.0 Å². The van der Waals surface area contributed by atoms with E-state index >= 15 is 0 Å². The second kappa shape index (κ2) is 9.08. The Morgan fingerprint density at radius 3 is 2.59 bits per heavy atom. The van der Waals surface area contributed by atoms with Crippen LogP contribution in [0.25, 0.3) is 22.4 Å². The van der Waals surface area contributed by atoms with Gasteiger partial charge < -0.3 is 14.3 Å². The van der Waals surface area contributed by atoms with Gasteiger partial charge in [0.1, 0.15) is 22.7 Å². The zero-order valence-electron chi connectivity index (χ0n) is 18.0. The van der Waals surface area contributed by atoms with Gasteiger partial charge in [0.15, 0.2) is 0 Å². The van der Waals surface area contributed by atoms with E-state index in [2.05, 4.69) is 22.0 Å².